The lowest BCUT2D eigenvalue weighted by molar-refractivity contribution is -0.161. The highest BCUT2D eigenvalue weighted by atomic mass is 16.6. The molecule has 0 aliphatic heterocycles. The van der Waals surface area contributed by atoms with E-state index in [9.17, 15) is 14.7 Å². The molecule has 39 heavy (non-hydrogen) atoms. The number of esters is 2. The van der Waals surface area contributed by atoms with Crippen LogP contribution in [0.5, 0.6) is 0 Å². The Morgan fingerprint density at radius 2 is 0.795 bits per heavy atom. The molecule has 1 N–H and O–H groups in total. The predicted octanol–water partition coefficient (Wildman–Crippen LogP) is 10.0. The van der Waals surface area contributed by atoms with Gasteiger partial charge in [-0.3, -0.25) is 9.59 Å². The first-order valence-corrected chi connectivity index (χ1v) is 17.1. The highest BCUT2D eigenvalue weighted by molar-refractivity contribution is 5.70. The molecule has 0 aromatic heterocycles. The van der Waals surface area contributed by atoms with Crippen molar-refractivity contribution in [2.45, 2.75) is 193 Å². The Morgan fingerprint density at radius 3 is 1.13 bits per heavy atom. The lowest BCUT2D eigenvalue weighted by Gasteiger charge is -2.15. The van der Waals surface area contributed by atoms with Gasteiger partial charge in [0.2, 0.25) is 0 Å². The van der Waals surface area contributed by atoms with E-state index in [4.69, 9.17) is 9.47 Å². The molecule has 0 bridgehead atoms. The van der Waals surface area contributed by atoms with Gasteiger partial charge in [0.25, 0.3) is 0 Å². The minimum atomic E-state index is -0.758. The number of aliphatic hydroxyl groups excluding tert-OH is 1. The largest absolute Gasteiger partial charge is 0.462 e. The zero-order valence-electron chi connectivity index (χ0n) is 26.2. The maximum atomic E-state index is 12.0. The summed E-state index contributed by atoms with van der Waals surface area (Å²) in [6.45, 7) is 4.10. The van der Waals surface area contributed by atoms with Gasteiger partial charge >= 0.3 is 11.9 Å². The Hall–Kier alpha value is -1.10. The topological polar surface area (TPSA) is 72.8 Å². The smallest absolute Gasteiger partial charge is 0.306 e. The van der Waals surface area contributed by atoms with Gasteiger partial charge in [-0.1, -0.05) is 162 Å². The first-order chi connectivity index (χ1) is 19.1. The number of carbonyl (C=O) groups excluding carboxylic acids is 2. The van der Waals surface area contributed by atoms with Crippen LogP contribution in [0, 0.1) is 0 Å². The van der Waals surface area contributed by atoms with E-state index in [1.807, 2.05) is 0 Å². The van der Waals surface area contributed by atoms with Gasteiger partial charge < -0.3 is 14.6 Å². The van der Waals surface area contributed by atoms with E-state index >= 15 is 0 Å². The van der Waals surface area contributed by atoms with Gasteiger partial charge in [0.1, 0.15) is 6.61 Å². The molecule has 0 aliphatic rings. The van der Waals surface area contributed by atoms with Crippen LogP contribution in [-0.4, -0.2) is 36.4 Å². The minimum absolute atomic E-state index is 0.0584. The van der Waals surface area contributed by atoms with Crippen LogP contribution in [0.15, 0.2) is 0 Å². The highest BCUT2D eigenvalue weighted by Gasteiger charge is 2.16. The lowest BCUT2D eigenvalue weighted by Crippen LogP contribution is -2.28. The number of carbonyl (C=O) groups is 2. The molecule has 0 saturated heterocycles. The van der Waals surface area contributed by atoms with E-state index in [1.165, 1.54) is 128 Å². The van der Waals surface area contributed by atoms with E-state index in [0.717, 1.165) is 32.1 Å². The second-order valence-electron chi connectivity index (χ2n) is 11.6. The fourth-order valence-corrected chi connectivity index (χ4v) is 5.02. The molecule has 5 nitrogen and oxygen atoms in total. The van der Waals surface area contributed by atoms with Gasteiger partial charge in [-0.15, -0.1) is 0 Å². The summed E-state index contributed by atoms with van der Waals surface area (Å²) in [5.74, 6) is -0.588. The highest BCUT2D eigenvalue weighted by Crippen LogP contribution is 2.15. The van der Waals surface area contributed by atoms with E-state index in [0.29, 0.717) is 12.8 Å². The van der Waals surface area contributed by atoms with Crippen molar-refractivity contribution in [2.24, 2.45) is 0 Å². The molecule has 0 amide bonds. The Labute approximate surface area is 242 Å². The van der Waals surface area contributed by atoms with E-state index in [-0.39, 0.29) is 25.2 Å². The summed E-state index contributed by atoms with van der Waals surface area (Å²) in [5.41, 5.74) is 0. The number of aliphatic hydroxyl groups is 1. The van der Waals surface area contributed by atoms with Crippen LogP contribution in [0.2, 0.25) is 0 Å². The molecule has 0 fully saturated rings. The molecule has 0 unspecified atom stereocenters. The van der Waals surface area contributed by atoms with Gasteiger partial charge in [0, 0.05) is 12.8 Å². The maximum absolute atomic E-state index is 12.0. The average molecular weight is 555 g/mol. The normalized spacial score (nSPS) is 12.0. The number of hydrogen-bond acceptors (Lipinski definition) is 5. The van der Waals surface area contributed by atoms with E-state index in [2.05, 4.69) is 13.8 Å². The third-order valence-electron chi connectivity index (χ3n) is 7.65. The Balaban J connectivity index is 3.46. The molecule has 0 saturated carbocycles. The molecule has 0 radical (unpaired) electrons. The summed E-state index contributed by atoms with van der Waals surface area (Å²) in [4.78, 5) is 24.0. The first-order valence-electron chi connectivity index (χ1n) is 17.1. The second kappa shape index (κ2) is 31.4. The fourth-order valence-electron chi connectivity index (χ4n) is 5.02. The summed E-state index contributed by atoms with van der Waals surface area (Å²) >= 11 is 0. The molecule has 1 atom stereocenters. The van der Waals surface area contributed by atoms with Crippen molar-refractivity contribution in [2.75, 3.05) is 13.2 Å². The van der Waals surface area contributed by atoms with Gasteiger partial charge in [-0.2, -0.15) is 0 Å². The lowest BCUT2D eigenvalue weighted by atomic mass is 10.0. The average Bonchev–Trinajstić information content (AvgIpc) is 2.94. The number of hydrogen-bond donors (Lipinski definition) is 1. The van der Waals surface area contributed by atoms with Crippen LogP contribution in [0.1, 0.15) is 187 Å². The summed E-state index contributed by atoms with van der Waals surface area (Å²) in [6.07, 6.45) is 31.7. The van der Waals surface area contributed by atoms with Gasteiger partial charge in [-0.25, -0.2) is 0 Å². The summed E-state index contributed by atoms with van der Waals surface area (Å²) in [5, 5.41) is 9.45. The molecular formula is C34H66O5. The molecular weight excluding hydrogens is 488 g/mol. The van der Waals surface area contributed by atoms with Crippen LogP contribution in [0.4, 0.5) is 0 Å². The zero-order valence-corrected chi connectivity index (χ0v) is 26.2. The minimum Gasteiger partial charge on any atom is -0.462 e. The quantitative estimate of drug-likeness (QED) is 0.0681. The van der Waals surface area contributed by atoms with Crippen molar-refractivity contribution in [1.29, 1.82) is 0 Å². The van der Waals surface area contributed by atoms with Crippen molar-refractivity contribution < 1.29 is 24.2 Å². The number of rotatable bonds is 31. The summed E-state index contributed by atoms with van der Waals surface area (Å²) in [7, 11) is 0. The van der Waals surface area contributed by atoms with Crippen molar-refractivity contribution in [1.82, 2.24) is 0 Å². The molecule has 0 aromatic carbocycles. The Kier molecular flexibility index (Phi) is 30.5. The fraction of sp³-hybridized carbons (Fsp3) is 0.941. The first kappa shape index (κ1) is 37.9. The monoisotopic (exact) mass is 554 g/mol. The molecule has 0 aromatic rings. The standard InChI is InChI=1S/C34H66O5/c1-3-5-7-9-11-12-13-14-15-16-17-18-19-20-21-23-24-26-28-33(36)38-31-32(30-35)39-34(37)29-27-25-22-10-8-6-4-2/h32,35H,3-31H2,1-2H3/t32-/m0/s1. The zero-order chi connectivity index (χ0) is 28.7. The second-order valence-corrected chi connectivity index (χ2v) is 11.6. The van der Waals surface area contributed by atoms with Crippen molar-refractivity contribution >= 4 is 11.9 Å². The molecule has 0 rings (SSSR count). The Bertz CT molecular complexity index is 522. The SMILES string of the molecule is CCCCCCCCCCCCCCCCCCCCC(=O)OC[C@H](CO)OC(=O)CCCCCCCCC. The van der Waals surface area contributed by atoms with Gasteiger partial charge in [0.15, 0.2) is 6.10 Å². The van der Waals surface area contributed by atoms with E-state index in [1.54, 1.807) is 0 Å². The van der Waals surface area contributed by atoms with Crippen molar-refractivity contribution in [3.05, 3.63) is 0 Å². The molecule has 0 aliphatic carbocycles. The number of unbranched alkanes of at least 4 members (excludes halogenated alkanes) is 23. The van der Waals surface area contributed by atoms with Gasteiger partial charge in [-0.05, 0) is 12.8 Å². The van der Waals surface area contributed by atoms with Crippen molar-refractivity contribution in [3.63, 3.8) is 0 Å². The third-order valence-corrected chi connectivity index (χ3v) is 7.65. The summed E-state index contributed by atoms with van der Waals surface area (Å²) in [6, 6.07) is 0. The van der Waals surface area contributed by atoms with Crippen LogP contribution in [0.3, 0.4) is 0 Å². The molecule has 0 spiro atoms. The predicted molar refractivity (Wildman–Crippen MR) is 164 cm³/mol. The van der Waals surface area contributed by atoms with Crippen LogP contribution < -0.4 is 0 Å². The van der Waals surface area contributed by atoms with Gasteiger partial charge in [0.05, 0.1) is 6.61 Å². The van der Waals surface area contributed by atoms with Crippen LogP contribution in [-0.2, 0) is 19.1 Å². The van der Waals surface area contributed by atoms with Crippen molar-refractivity contribution in [3.8, 4) is 0 Å². The molecule has 232 valence electrons. The van der Waals surface area contributed by atoms with E-state index < -0.39 is 6.10 Å². The van der Waals surface area contributed by atoms with Crippen LogP contribution >= 0.6 is 0 Å². The number of ether oxygens (including phenoxy) is 2. The third kappa shape index (κ3) is 29.7. The summed E-state index contributed by atoms with van der Waals surface area (Å²) < 4.78 is 10.5. The van der Waals surface area contributed by atoms with Crippen LogP contribution in [0.25, 0.3) is 0 Å². The molecule has 5 heteroatoms. The maximum Gasteiger partial charge on any atom is 0.306 e. The molecule has 0 heterocycles. The Morgan fingerprint density at radius 1 is 0.487 bits per heavy atom.